The molecule has 5 rings (SSSR count). The number of fused-ring (bicyclic) bond motifs is 1. The number of H-pyrrole nitrogens is 2. The second kappa shape index (κ2) is 7.44. The molecule has 7 nitrogen and oxygen atoms in total. The first kappa shape index (κ1) is 17.5. The van der Waals surface area contributed by atoms with Crippen LogP contribution in [0.3, 0.4) is 0 Å². The van der Waals surface area contributed by atoms with Crippen molar-refractivity contribution >= 4 is 17.0 Å². The van der Waals surface area contributed by atoms with Crippen LogP contribution >= 0.6 is 11.3 Å². The number of hydrogen-bond donors (Lipinski definition) is 2. The lowest BCUT2D eigenvalue weighted by Crippen LogP contribution is -2.36. The van der Waals surface area contributed by atoms with E-state index < -0.39 is 0 Å². The van der Waals surface area contributed by atoms with Crippen LogP contribution in [0.15, 0.2) is 33.5 Å². The van der Waals surface area contributed by atoms with Gasteiger partial charge in [-0.3, -0.25) is 19.8 Å². The van der Waals surface area contributed by atoms with E-state index in [2.05, 4.69) is 36.5 Å². The molecule has 0 aliphatic carbocycles. The summed E-state index contributed by atoms with van der Waals surface area (Å²) in [6, 6.07) is 4.14. The molecular weight excluding hydrogens is 372 g/mol. The zero-order chi connectivity index (χ0) is 18.9. The Morgan fingerprint density at radius 2 is 2.21 bits per heavy atom. The van der Waals surface area contributed by atoms with Crippen molar-refractivity contribution in [3.05, 3.63) is 56.7 Å². The topological polar surface area (TPSA) is 90.0 Å². The first-order valence-electron chi connectivity index (χ1n) is 9.72. The number of nitrogens with one attached hydrogen (secondary N) is 2. The first-order valence-corrected chi connectivity index (χ1v) is 10.6. The number of rotatable bonds is 4. The second-order valence-electron chi connectivity index (χ2n) is 7.33. The van der Waals surface area contributed by atoms with Crippen LogP contribution in [0.4, 0.5) is 0 Å². The molecule has 0 fully saturated rings. The molecule has 2 aliphatic rings. The zero-order valence-electron chi connectivity index (χ0n) is 15.6. The maximum Gasteiger partial charge on any atom is 0.255 e. The van der Waals surface area contributed by atoms with Gasteiger partial charge in [0.15, 0.2) is 5.82 Å². The van der Waals surface area contributed by atoms with Gasteiger partial charge in [-0.05, 0) is 30.7 Å². The molecular formula is C20H22N6OS. The first-order chi connectivity index (χ1) is 13.8. The molecule has 0 bridgehead atoms. The molecule has 0 aromatic carbocycles. The predicted molar refractivity (Wildman–Crippen MR) is 110 cm³/mol. The molecule has 0 amide bonds. The highest BCUT2D eigenvalue weighted by atomic mass is 32.1. The quantitative estimate of drug-likeness (QED) is 0.712. The minimum absolute atomic E-state index is 0.0244. The molecule has 0 spiro atoms. The molecule has 0 saturated carbocycles. The highest BCUT2D eigenvalue weighted by Crippen LogP contribution is 2.27. The van der Waals surface area contributed by atoms with E-state index in [0.29, 0.717) is 12.4 Å². The molecule has 0 saturated heterocycles. The Morgan fingerprint density at radius 3 is 3.04 bits per heavy atom. The molecule has 0 unspecified atom stereocenters. The summed E-state index contributed by atoms with van der Waals surface area (Å²) in [7, 11) is 0. The van der Waals surface area contributed by atoms with E-state index in [4.69, 9.17) is 4.98 Å². The summed E-state index contributed by atoms with van der Waals surface area (Å²) in [6.07, 6.45) is 5.81. The summed E-state index contributed by atoms with van der Waals surface area (Å²) in [6.45, 7) is 3.09. The fourth-order valence-electron chi connectivity index (χ4n) is 3.95. The molecule has 3 aromatic heterocycles. The van der Waals surface area contributed by atoms with Gasteiger partial charge in [-0.25, -0.2) is 4.98 Å². The minimum atomic E-state index is -0.0244. The van der Waals surface area contributed by atoms with Gasteiger partial charge in [-0.1, -0.05) is 6.07 Å². The van der Waals surface area contributed by atoms with Gasteiger partial charge in [-0.15, -0.1) is 11.3 Å². The number of aliphatic imine (C=N–C) groups is 1. The fraction of sp³-hybridized carbons (Fsp3) is 0.400. The van der Waals surface area contributed by atoms with Gasteiger partial charge in [0.25, 0.3) is 5.56 Å². The van der Waals surface area contributed by atoms with Crippen LogP contribution in [0.25, 0.3) is 10.6 Å². The number of hydrogen-bond acceptors (Lipinski definition) is 6. The Hall–Kier alpha value is -2.58. The van der Waals surface area contributed by atoms with E-state index in [1.54, 1.807) is 11.3 Å². The van der Waals surface area contributed by atoms with E-state index >= 15 is 0 Å². The molecule has 2 aliphatic heterocycles. The van der Waals surface area contributed by atoms with Crippen LogP contribution in [0.5, 0.6) is 0 Å². The minimum Gasteiger partial charge on any atom is -0.305 e. The monoisotopic (exact) mass is 394 g/mol. The van der Waals surface area contributed by atoms with Gasteiger partial charge in [-0.2, -0.15) is 5.10 Å². The summed E-state index contributed by atoms with van der Waals surface area (Å²) < 4.78 is 0. The maximum atomic E-state index is 12.7. The molecule has 3 aromatic rings. The second-order valence-corrected chi connectivity index (χ2v) is 8.28. The highest BCUT2D eigenvalue weighted by Gasteiger charge is 2.24. The van der Waals surface area contributed by atoms with Gasteiger partial charge >= 0.3 is 0 Å². The van der Waals surface area contributed by atoms with Crippen LogP contribution in [0.1, 0.15) is 41.9 Å². The summed E-state index contributed by atoms with van der Waals surface area (Å²) in [4.78, 5) is 28.5. The van der Waals surface area contributed by atoms with Crippen molar-refractivity contribution < 1.29 is 0 Å². The Bertz CT molecular complexity index is 1060. The Morgan fingerprint density at radius 1 is 1.25 bits per heavy atom. The van der Waals surface area contributed by atoms with Crippen LogP contribution in [-0.4, -0.2) is 43.9 Å². The van der Waals surface area contributed by atoms with E-state index in [-0.39, 0.29) is 5.56 Å². The van der Waals surface area contributed by atoms with E-state index in [1.807, 2.05) is 12.3 Å². The van der Waals surface area contributed by atoms with E-state index in [0.717, 1.165) is 73.5 Å². The summed E-state index contributed by atoms with van der Waals surface area (Å²) in [5.41, 5.74) is 4.86. The van der Waals surface area contributed by atoms with Crippen LogP contribution < -0.4 is 5.56 Å². The standard InChI is InChI=1S/C20H22N6OS/c27-20-14-12-26(11-13-10-22-25-18(13)17-5-3-9-28-17)8-6-15(14)23-19(24-20)16-4-1-2-7-21-16/h3,5,9-10H,1-2,4,6-8,11-12H2,(H,22,25)(H,23,24,27). The highest BCUT2D eigenvalue weighted by molar-refractivity contribution is 7.13. The van der Waals surface area contributed by atoms with E-state index in [9.17, 15) is 4.79 Å². The molecule has 2 N–H and O–H groups in total. The lowest BCUT2D eigenvalue weighted by molar-refractivity contribution is 0.242. The van der Waals surface area contributed by atoms with Crippen molar-refractivity contribution in [2.45, 2.75) is 38.8 Å². The zero-order valence-corrected chi connectivity index (χ0v) is 16.4. The lowest BCUT2D eigenvalue weighted by Gasteiger charge is -2.27. The van der Waals surface area contributed by atoms with Gasteiger partial charge in [0.2, 0.25) is 0 Å². The van der Waals surface area contributed by atoms with Crippen molar-refractivity contribution in [3.63, 3.8) is 0 Å². The third kappa shape index (κ3) is 3.33. The normalized spacial score (nSPS) is 17.4. The number of thiophene rings is 1. The third-order valence-electron chi connectivity index (χ3n) is 5.42. The fourth-order valence-corrected chi connectivity index (χ4v) is 4.70. The molecule has 0 atom stereocenters. The average molecular weight is 395 g/mol. The Balaban J connectivity index is 1.37. The van der Waals surface area contributed by atoms with E-state index in [1.165, 1.54) is 4.88 Å². The molecule has 8 heteroatoms. The van der Waals surface area contributed by atoms with Crippen molar-refractivity contribution in [2.75, 3.05) is 13.1 Å². The van der Waals surface area contributed by atoms with Gasteiger partial charge < -0.3 is 4.98 Å². The van der Waals surface area contributed by atoms with Crippen LogP contribution in [-0.2, 0) is 19.5 Å². The summed E-state index contributed by atoms with van der Waals surface area (Å²) in [5.74, 6) is 0.673. The molecule has 144 valence electrons. The summed E-state index contributed by atoms with van der Waals surface area (Å²) in [5, 5.41) is 9.41. The molecule has 0 radical (unpaired) electrons. The number of aromatic amines is 2. The molecule has 28 heavy (non-hydrogen) atoms. The van der Waals surface area contributed by atoms with Gasteiger partial charge in [0.1, 0.15) is 0 Å². The van der Waals surface area contributed by atoms with Crippen molar-refractivity contribution in [2.24, 2.45) is 4.99 Å². The number of nitrogens with zero attached hydrogens (tertiary/aromatic N) is 4. The van der Waals surface area contributed by atoms with Crippen molar-refractivity contribution in [1.82, 2.24) is 25.1 Å². The Kier molecular flexibility index (Phi) is 4.66. The smallest absolute Gasteiger partial charge is 0.255 e. The SMILES string of the molecule is O=c1[nH]c(C2=NCCCC2)nc2c1CN(Cc1cn[nH]c1-c1cccs1)CC2. The lowest BCUT2D eigenvalue weighted by atomic mass is 10.0. The largest absolute Gasteiger partial charge is 0.305 e. The predicted octanol–water partition coefficient (Wildman–Crippen LogP) is 2.75. The molecule has 5 heterocycles. The van der Waals surface area contributed by atoms with Gasteiger partial charge in [0, 0.05) is 38.2 Å². The van der Waals surface area contributed by atoms with Crippen LogP contribution in [0.2, 0.25) is 0 Å². The number of aromatic nitrogens is 4. The Labute approximate surface area is 166 Å². The van der Waals surface area contributed by atoms with Crippen molar-refractivity contribution in [1.29, 1.82) is 0 Å². The van der Waals surface area contributed by atoms with Gasteiger partial charge in [0.05, 0.1) is 33.7 Å². The van der Waals surface area contributed by atoms with Crippen LogP contribution in [0, 0.1) is 0 Å². The average Bonchev–Trinajstić information content (AvgIpc) is 3.40. The van der Waals surface area contributed by atoms with Crippen molar-refractivity contribution in [3.8, 4) is 10.6 Å². The summed E-state index contributed by atoms with van der Waals surface area (Å²) >= 11 is 1.70. The maximum absolute atomic E-state index is 12.7. The third-order valence-corrected chi connectivity index (χ3v) is 6.31.